The zero-order valence-electron chi connectivity index (χ0n) is 12.4. The summed E-state index contributed by atoms with van der Waals surface area (Å²) in [5.41, 5.74) is 7.24. The molecule has 1 aliphatic rings. The van der Waals surface area contributed by atoms with Crippen molar-refractivity contribution in [2.75, 3.05) is 0 Å². The quantitative estimate of drug-likeness (QED) is 0.534. The summed E-state index contributed by atoms with van der Waals surface area (Å²) in [6.45, 7) is 6.88. The largest absolute Gasteiger partial charge is 0.0881 e. The summed E-state index contributed by atoms with van der Waals surface area (Å²) in [5, 5.41) is 0. The van der Waals surface area contributed by atoms with E-state index < -0.39 is 0 Å². The Balaban J connectivity index is 1.95. The van der Waals surface area contributed by atoms with Crippen molar-refractivity contribution in [2.45, 2.75) is 37.9 Å². The molecule has 0 fully saturated rings. The molecule has 2 aromatic rings. The predicted octanol–water partition coefficient (Wildman–Crippen LogP) is 5.78. The second-order valence-electron chi connectivity index (χ2n) is 6.23. The Labute approximate surface area is 130 Å². The Hall–Kier alpha value is -1.08. The van der Waals surface area contributed by atoms with Crippen LogP contribution in [0.4, 0.5) is 0 Å². The number of alkyl halides is 1. The molecule has 3 rings (SSSR count). The Kier molecular flexibility index (Phi) is 3.72. The van der Waals surface area contributed by atoms with Crippen LogP contribution < -0.4 is 0 Å². The molecule has 20 heavy (non-hydrogen) atoms. The Morgan fingerprint density at radius 2 is 1.60 bits per heavy atom. The first-order chi connectivity index (χ1) is 9.58. The van der Waals surface area contributed by atoms with E-state index in [0.29, 0.717) is 16.7 Å². The number of hydrogen-bond donors (Lipinski definition) is 0. The molecule has 1 aliphatic carbocycles. The maximum absolute atomic E-state index is 3.85. The summed E-state index contributed by atoms with van der Waals surface area (Å²) in [6.07, 6.45) is 1.08. The van der Waals surface area contributed by atoms with Crippen LogP contribution in [0.5, 0.6) is 0 Å². The molecular formula is C19H21Br. The van der Waals surface area contributed by atoms with Crippen LogP contribution in [0, 0.1) is 5.92 Å². The third-order valence-electron chi connectivity index (χ3n) is 4.46. The van der Waals surface area contributed by atoms with Gasteiger partial charge in [0.2, 0.25) is 0 Å². The molecule has 0 amide bonds. The average molecular weight is 329 g/mol. The molecule has 0 N–H and O–H groups in total. The van der Waals surface area contributed by atoms with E-state index >= 15 is 0 Å². The number of hydrogen-bond acceptors (Lipinski definition) is 0. The van der Waals surface area contributed by atoms with Crippen molar-refractivity contribution in [3.8, 4) is 11.1 Å². The summed E-state index contributed by atoms with van der Waals surface area (Å²) in [4.78, 5) is 0.532. The highest BCUT2D eigenvalue weighted by molar-refractivity contribution is 9.09. The van der Waals surface area contributed by atoms with Crippen LogP contribution in [0.15, 0.2) is 42.5 Å². The number of fused-ring (bicyclic) bond motifs is 3. The summed E-state index contributed by atoms with van der Waals surface area (Å²) in [6, 6.07) is 15.8. The molecule has 0 nitrogen and oxygen atoms in total. The third kappa shape index (κ3) is 2.33. The van der Waals surface area contributed by atoms with Gasteiger partial charge in [0, 0.05) is 4.83 Å². The van der Waals surface area contributed by atoms with Crippen LogP contribution in [-0.4, -0.2) is 4.83 Å². The number of rotatable bonds is 3. The van der Waals surface area contributed by atoms with Gasteiger partial charge in [0.1, 0.15) is 0 Å². The Morgan fingerprint density at radius 1 is 0.900 bits per heavy atom. The molecular weight excluding hydrogens is 308 g/mol. The fourth-order valence-electron chi connectivity index (χ4n) is 3.21. The maximum atomic E-state index is 3.85. The topological polar surface area (TPSA) is 0 Å². The van der Waals surface area contributed by atoms with Crippen molar-refractivity contribution < 1.29 is 0 Å². The molecule has 2 atom stereocenters. The zero-order chi connectivity index (χ0) is 14.3. The normalized spacial score (nSPS) is 15.8. The highest BCUT2D eigenvalue weighted by Crippen LogP contribution is 2.39. The van der Waals surface area contributed by atoms with Crippen molar-refractivity contribution in [3.05, 3.63) is 59.2 Å². The van der Waals surface area contributed by atoms with Crippen molar-refractivity contribution in [1.82, 2.24) is 0 Å². The molecule has 2 unspecified atom stereocenters. The standard InChI is InChI=1S/C19H21Br/c1-12(2)19(20)13(3)14-8-9-18-16(10-14)11-15-6-4-5-7-17(15)18/h4-10,12-13,19H,11H2,1-3H3. The average Bonchev–Trinajstić information content (AvgIpc) is 2.83. The first-order valence-corrected chi connectivity index (χ1v) is 8.34. The van der Waals surface area contributed by atoms with Gasteiger partial charge in [0.25, 0.3) is 0 Å². The SMILES string of the molecule is CC(C)C(Br)C(C)c1ccc2c(c1)Cc1ccccc1-2. The molecule has 0 saturated heterocycles. The molecule has 2 aromatic carbocycles. The van der Waals surface area contributed by atoms with Crippen molar-refractivity contribution in [3.63, 3.8) is 0 Å². The fourth-order valence-corrected chi connectivity index (χ4v) is 3.51. The second-order valence-corrected chi connectivity index (χ2v) is 7.28. The van der Waals surface area contributed by atoms with Gasteiger partial charge in [-0.15, -0.1) is 0 Å². The summed E-state index contributed by atoms with van der Waals surface area (Å²) in [7, 11) is 0. The van der Waals surface area contributed by atoms with Gasteiger partial charge >= 0.3 is 0 Å². The molecule has 0 radical (unpaired) electrons. The van der Waals surface area contributed by atoms with Crippen LogP contribution in [-0.2, 0) is 6.42 Å². The van der Waals surface area contributed by atoms with E-state index in [4.69, 9.17) is 0 Å². The first kappa shape index (κ1) is 13.9. The first-order valence-electron chi connectivity index (χ1n) is 7.43. The van der Waals surface area contributed by atoms with Gasteiger partial charge in [-0.25, -0.2) is 0 Å². The van der Waals surface area contributed by atoms with Crippen LogP contribution in [0.2, 0.25) is 0 Å². The molecule has 0 aliphatic heterocycles. The van der Waals surface area contributed by atoms with E-state index in [0.717, 1.165) is 6.42 Å². The van der Waals surface area contributed by atoms with Gasteiger partial charge in [-0.3, -0.25) is 0 Å². The second kappa shape index (κ2) is 5.37. The molecule has 0 heterocycles. The maximum Gasteiger partial charge on any atom is 0.0234 e. The van der Waals surface area contributed by atoms with Gasteiger partial charge in [0.05, 0.1) is 0 Å². The van der Waals surface area contributed by atoms with Crippen LogP contribution in [0.1, 0.15) is 43.4 Å². The lowest BCUT2D eigenvalue weighted by molar-refractivity contribution is 0.550. The van der Waals surface area contributed by atoms with Crippen LogP contribution >= 0.6 is 15.9 Å². The van der Waals surface area contributed by atoms with Gasteiger partial charge < -0.3 is 0 Å². The van der Waals surface area contributed by atoms with E-state index in [2.05, 4.69) is 79.2 Å². The molecule has 0 bridgehead atoms. The molecule has 1 heteroatoms. The third-order valence-corrected chi connectivity index (χ3v) is 6.31. The van der Waals surface area contributed by atoms with Crippen molar-refractivity contribution in [2.24, 2.45) is 5.92 Å². The van der Waals surface area contributed by atoms with Gasteiger partial charge in [-0.1, -0.05) is 79.2 Å². The lowest BCUT2D eigenvalue weighted by atomic mass is 9.90. The van der Waals surface area contributed by atoms with Gasteiger partial charge in [-0.2, -0.15) is 0 Å². The van der Waals surface area contributed by atoms with Crippen LogP contribution in [0.25, 0.3) is 11.1 Å². The van der Waals surface area contributed by atoms with E-state index in [-0.39, 0.29) is 0 Å². The van der Waals surface area contributed by atoms with Crippen LogP contribution in [0.3, 0.4) is 0 Å². The van der Waals surface area contributed by atoms with E-state index in [1.54, 1.807) is 0 Å². The smallest absolute Gasteiger partial charge is 0.0234 e. The summed E-state index contributed by atoms with van der Waals surface area (Å²) < 4.78 is 0. The lowest BCUT2D eigenvalue weighted by Crippen LogP contribution is -2.15. The highest BCUT2D eigenvalue weighted by Gasteiger charge is 2.22. The minimum atomic E-state index is 0.532. The molecule has 104 valence electrons. The molecule has 0 saturated carbocycles. The minimum Gasteiger partial charge on any atom is -0.0881 e. The van der Waals surface area contributed by atoms with E-state index in [9.17, 15) is 0 Å². The predicted molar refractivity (Wildman–Crippen MR) is 90.7 cm³/mol. The fraction of sp³-hybridized carbons (Fsp3) is 0.368. The van der Waals surface area contributed by atoms with E-state index in [1.807, 2.05) is 0 Å². The van der Waals surface area contributed by atoms with Crippen molar-refractivity contribution in [1.29, 1.82) is 0 Å². The monoisotopic (exact) mass is 328 g/mol. The Bertz CT molecular complexity index is 627. The Morgan fingerprint density at radius 3 is 2.35 bits per heavy atom. The lowest BCUT2D eigenvalue weighted by Gasteiger charge is -2.22. The highest BCUT2D eigenvalue weighted by atomic mass is 79.9. The van der Waals surface area contributed by atoms with Gasteiger partial charge in [0.15, 0.2) is 0 Å². The minimum absolute atomic E-state index is 0.532. The summed E-state index contributed by atoms with van der Waals surface area (Å²) >= 11 is 3.85. The number of halogens is 1. The molecule has 0 spiro atoms. The van der Waals surface area contributed by atoms with Crippen molar-refractivity contribution >= 4 is 15.9 Å². The number of benzene rings is 2. The summed E-state index contributed by atoms with van der Waals surface area (Å²) in [5.74, 6) is 1.19. The zero-order valence-corrected chi connectivity index (χ0v) is 13.9. The van der Waals surface area contributed by atoms with Gasteiger partial charge in [-0.05, 0) is 46.1 Å². The molecule has 0 aromatic heterocycles. The van der Waals surface area contributed by atoms with E-state index in [1.165, 1.54) is 27.8 Å².